The first-order chi connectivity index (χ1) is 22.5. The van der Waals surface area contributed by atoms with Crippen LogP contribution in [0.1, 0.15) is 75.3 Å². The molecule has 4 fully saturated rings. The molecular weight excluding hydrogens is 636 g/mol. The van der Waals surface area contributed by atoms with Gasteiger partial charge in [0.25, 0.3) is 0 Å². The van der Waals surface area contributed by atoms with Crippen molar-refractivity contribution in [1.29, 1.82) is 0 Å². The maximum absolute atomic E-state index is 6.52. The number of hydrogen-bond acceptors (Lipinski definition) is 5. The van der Waals surface area contributed by atoms with Gasteiger partial charge in [0.15, 0.2) is 0 Å². The van der Waals surface area contributed by atoms with Crippen molar-refractivity contribution in [2.24, 2.45) is 0 Å². The lowest BCUT2D eigenvalue weighted by atomic mass is 9.83. The molecule has 4 aliphatic heterocycles. The highest BCUT2D eigenvalue weighted by atomic mass is 79.9. The molecule has 7 heteroatoms. The summed E-state index contributed by atoms with van der Waals surface area (Å²) < 4.78 is 16.2. The summed E-state index contributed by atoms with van der Waals surface area (Å²) in [5, 5.41) is 0. The molecule has 0 atom stereocenters. The van der Waals surface area contributed by atoms with Crippen LogP contribution in [0.4, 0.5) is 0 Å². The number of para-hydroxylation sites is 2. The van der Waals surface area contributed by atoms with E-state index in [1.165, 1.54) is 98.8 Å². The molecule has 0 amide bonds. The van der Waals surface area contributed by atoms with Crippen LogP contribution in [-0.2, 0) is 12.8 Å². The van der Waals surface area contributed by atoms with Gasteiger partial charge in [0.2, 0.25) is 0 Å². The fourth-order valence-electron chi connectivity index (χ4n) is 8.79. The Morgan fingerprint density at radius 2 is 1.24 bits per heavy atom. The third-order valence-electron chi connectivity index (χ3n) is 12.1. The molecule has 240 valence electrons. The molecule has 2 saturated heterocycles. The van der Waals surface area contributed by atoms with Crippen LogP contribution >= 0.6 is 15.9 Å². The minimum atomic E-state index is 0.0260. The molecule has 2 saturated carbocycles. The molecule has 0 N–H and O–H groups in total. The average Bonchev–Trinajstić information content (AvgIpc) is 3.71. The Morgan fingerprint density at radius 1 is 0.674 bits per heavy atom. The summed E-state index contributed by atoms with van der Waals surface area (Å²) in [6.45, 7) is 4.83. The van der Waals surface area contributed by atoms with Crippen LogP contribution in [0.25, 0.3) is 16.7 Å². The Morgan fingerprint density at radius 3 is 1.83 bits per heavy atom. The lowest BCUT2D eigenvalue weighted by Crippen LogP contribution is -2.52. The average molecular weight is 682 g/mol. The number of benzene rings is 3. The van der Waals surface area contributed by atoms with E-state index in [1.807, 2.05) is 12.4 Å². The van der Waals surface area contributed by atoms with Crippen molar-refractivity contribution in [1.82, 2.24) is 19.4 Å². The zero-order chi connectivity index (χ0) is 30.7. The number of ether oxygens (including phenoxy) is 2. The minimum absolute atomic E-state index is 0.0260. The van der Waals surface area contributed by atoms with Crippen LogP contribution in [0.15, 0.2) is 71.5 Å². The summed E-state index contributed by atoms with van der Waals surface area (Å²) in [6.07, 6.45) is 17.2. The maximum atomic E-state index is 6.52. The molecule has 0 radical (unpaired) electrons. The van der Waals surface area contributed by atoms with Crippen LogP contribution in [0.3, 0.4) is 0 Å². The van der Waals surface area contributed by atoms with Gasteiger partial charge < -0.3 is 19.3 Å². The van der Waals surface area contributed by atoms with Crippen LogP contribution in [0, 0.1) is 0 Å². The molecule has 6 nitrogen and oxygen atoms in total. The second-order valence-corrected chi connectivity index (χ2v) is 15.7. The van der Waals surface area contributed by atoms with Crippen LogP contribution in [0.2, 0.25) is 0 Å². The number of likely N-dealkylation sites (tertiary alicyclic amines) is 2. The van der Waals surface area contributed by atoms with Gasteiger partial charge in [-0.25, -0.2) is 4.98 Å². The molecular formula is C39H45BrN4O2. The van der Waals surface area contributed by atoms with E-state index in [9.17, 15) is 0 Å². The molecule has 2 spiro atoms. The van der Waals surface area contributed by atoms with Crippen molar-refractivity contribution < 1.29 is 9.47 Å². The lowest BCUT2D eigenvalue weighted by molar-refractivity contribution is -0.00769. The maximum Gasteiger partial charge on any atom is 0.123 e. The van der Waals surface area contributed by atoms with Gasteiger partial charge in [0, 0.05) is 92.5 Å². The zero-order valence-corrected chi connectivity index (χ0v) is 28.4. The number of nitrogens with zero attached hydrogens (tertiary/aromatic N) is 4. The van der Waals surface area contributed by atoms with E-state index in [0.29, 0.717) is 0 Å². The lowest BCUT2D eigenvalue weighted by Gasteiger charge is -2.45. The van der Waals surface area contributed by atoms with E-state index in [2.05, 4.69) is 89.9 Å². The Labute approximate surface area is 281 Å². The summed E-state index contributed by atoms with van der Waals surface area (Å²) >= 11 is 3.56. The van der Waals surface area contributed by atoms with Gasteiger partial charge in [-0.3, -0.25) is 4.57 Å². The number of halogens is 1. The molecule has 10 rings (SSSR count). The Hall–Kier alpha value is -2.87. The monoisotopic (exact) mass is 680 g/mol. The Kier molecular flexibility index (Phi) is 7.43. The highest BCUT2D eigenvalue weighted by molar-refractivity contribution is 9.10. The molecule has 0 unspecified atom stereocenters. The molecule has 5 heterocycles. The Balaban J connectivity index is 0.000000135. The summed E-state index contributed by atoms with van der Waals surface area (Å²) in [6, 6.07) is 23.1. The molecule has 3 aromatic carbocycles. The van der Waals surface area contributed by atoms with E-state index >= 15 is 0 Å². The van der Waals surface area contributed by atoms with Gasteiger partial charge in [0.1, 0.15) is 29.0 Å². The second kappa shape index (κ2) is 11.7. The topological polar surface area (TPSA) is 42.8 Å². The predicted molar refractivity (Wildman–Crippen MR) is 186 cm³/mol. The number of fused-ring (bicyclic) bond motifs is 3. The van der Waals surface area contributed by atoms with Gasteiger partial charge in [-0.15, -0.1) is 0 Å². The number of aromatic nitrogens is 2. The predicted octanol–water partition coefficient (Wildman–Crippen LogP) is 8.12. The molecule has 0 bridgehead atoms. The van der Waals surface area contributed by atoms with E-state index in [1.54, 1.807) is 0 Å². The summed E-state index contributed by atoms with van der Waals surface area (Å²) in [5.41, 5.74) is 6.22. The largest absolute Gasteiger partial charge is 0.487 e. The summed E-state index contributed by atoms with van der Waals surface area (Å²) in [5.74, 6) is 2.19. The van der Waals surface area contributed by atoms with E-state index in [4.69, 9.17) is 9.47 Å². The Bertz CT molecular complexity index is 1730. The summed E-state index contributed by atoms with van der Waals surface area (Å²) in [4.78, 5) is 9.93. The smallest absolute Gasteiger partial charge is 0.123 e. The third kappa shape index (κ3) is 5.36. The number of piperidine rings is 2. The van der Waals surface area contributed by atoms with Crippen molar-refractivity contribution in [2.45, 2.75) is 100 Å². The second-order valence-electron chi connectivity index (χ2n) is 14.8. The molecule has 2 aliphatic carbocycles. The van der Waals surface area contributed by atoms with Crippen LogP contribution in [-0.4, -0.2) is 68.8 Å². The number of hydrogen-bond donors (Lipinski definition) is 0. The van der Waals surface area contributed by atoms with Crippen LogP contribution < -0.4 is 9.47 Å². The van der Waals surface area contributed by atoms with E-state index in [-0.39, 0.29) is 11.2 Å². The molecule has 6 aliphatic rings. The molecule has 1 aromatic heterocycles. The quantitative estimate of drug-likeness (QED) is 0.219. The zero-order valence-electron chi connectivity index (χ0n) is 26.8. The van der Waals surface area contributed by atoms with Crippen molar-refractivity contribution in [3.63, 3.8) is 0 Å². The van der Waals surface area contributed by atoms with Gasteiger partial charge in [0.05, 0.1) is 11.0 Å². The normalized spacial score (nSPS) is 23.6. The van der Waals surface area contributed by atoms with Gasteiger partial charge in [-0.1, -0.05) is 40.9 Å². The minimum Gasteiger partial charge on any atom is -0.487 e. The third-order valence-corrected chi connectivity index (χ3v) is 12.6. The first kappa shape index (κ1) is 29.3. The first-order valence-corrected chi connectivity index (χ1v) is 18.5. The molecule has 4 aromatic rings. The van der Waals surface area contributed by atoms with Crippen molar-refractivity contribution in [3.05, 3.63) is 82.6 Å². The standard InChI is InChI=1S/C23H25N3O.C16H20BrNO/c1-2-7-21-20(6-1)24-16-26(21)19-8-9-22-17(14-19)15-23(27-22)10-12-25(13-11-23)18-4-3-5-18;17-13-4-5-15-12(10-13)11-16(19-15)6-8-18(9-7-16)14-2-1-3-14/h1-2,6-9,14,16,18H,3-5,10-13,15H2;4-5,10,14H,1-3,6-9,11H2. The fraction of sp³-hybridized carbons (Fsp3) is 0.513. The fourth-order valence-corrected chi connectivity index (χ4v) is 9.20. The highest BCUT2D eigenvalue weighted by Gasteiger charge is 2.45. The van der Waals surface area contributed by atoms with Gasteiger partial charge >= 0.3 is 0 Å². The SMILES string of the molecule is Brc1ccc2c(c1)CC1(CCN(C3CCC3)CC1)O2.c1ccc2c(c1)ncn2-c1ccc2c(c1)CC1(CCN(C3CCC3)CC1)O2. The van der Waals surface area contributed by atoms with Gasteiger partial charge in [-0.2, -0.15) is 0 Å². The summed E-state index contributed by atoms with van der Waals surface area (Å²) in [7, 11) is 0. The molecule has 46 heavy (non-hydrogen) atoms. The number of rotatable bonds is 3. The first-order valence-electron chi connectivity index (χ1n) is 17.7. The highest BCUT2D eigenvalue weighted by Crippen LogP contribution is 2.44. The van der Waals surface area contributed by atoms with Crippen LogP contribution in [0.5, 0.6) is 11.5 Å². The van der Waals surface area contributed by atoms with Gasteiger partial charge in [-0.05, 0) is 79.8 Å². The van der Waals surface area contributed by atoms with Crippen molar-refractivity contribution in [3.8, 4) is 17.2 Å². The van der Waals surface area contributed by atoms with E-state index < -0.39 is 0 Å². The number of imidazole rings is 1. The van der Waals surface area contributed by atoms with E-state index in [0.717, 1.165) is 60.3 Å². The van der Waals surface area contributed by atoms with Crippen molar-refractivity contribution >= 4 is 27.0 Å². The van der Waals surface area contributed by atoms with Crippen molar-refractivity contribution in [2.75, 3.05) is 26.2 Å².